The molecule has 1 aliphatic rings. The maximum absolute atomic E-state index is 12.0. The first-order valence-corrected chi connectivity index (χ1v) is 6.81. The molecule has 4 heteroatoms. The number of carbonyl (C=O) groups excluding carboxylic acids is 1. The Balaban J connectivity index is 2.12. The number of nitrogens with zero attached hydrogens (tertiary/aromatic N) is 2. The molecular formula is C15H22N2O2. The molecule has 0 aliphatic carbocycles. The fraction of sp³-hybridized carbons (Fsp3) is 0.533. The first kappa shape index (κ1) is 13.7. The van der Waals surface area contributed by atoms with E-state index in [1.807, 2.05) is 61.9 Å². The van der Waals surface area contributed by atoms with Crippen molar-refractivity contribution in [1.29, 1.82) is 0 Å². The van der Waals surface area contributed by atoms with Crippen LogP contribution in [0.4, 0.5) is 4.79 Å². The normalized spacial score (nSPS) is 19.4. The third kappa shape index (κ3) is 2.83. The summed E-state index contributed by atoms with van der Waals surface area (Å²) < 4.78 is 5.63. The Hall–Kier alpha value is -1.71. The summed E-state index contributed by atoms with van der Waals surface area (Å²) in [6, 6.07) is 8.29. The van der Waals surface area contributed by atoms with Crippen LogP contribution < -0.4 is 4.74 Å². The second kappa shape index (κ2) is 5.51. The number of urea groups is 1. The Bertz CT molecular complexity index is 442. The highest BCUT2D eigenvalue weighted by molar-refractivity contribution is 5.77. The fourth-order valence-corrected chi connectivity index (χ4v) is 2.40. The van der Waals surface area contributed by atoms with Crippen LogP contribution in [-0.4, -0.2) is 42.1 Å². The Labute approximate surface area is 115 Å². The lowest BCUT2D eigenvalue weighted by Crippen LogP contribution is -2.29. The van der Waals surface area contributed by atoms with Gasteiger partial charge < -0.3 is 14.5 Å². The van der Waals surface area contributed by atoms with E-state index in [-0.39, 0.29) is 18.2 Å². The Morgan fingerprint density at radius 1 is 1.32 bits per heavy atom. The predicted octanol–water partition coefficient (Wildman–Crippen LogP) is 2.90. The topological polar surface area (TPSA) is 32.8 Å². The quantitative estimate of drug-likeness (QED) is 0.836. The van der Waals surface area contributed by atoms with Gasteiger partial charge in [-0.15, -0.1) is 0 Å². The molecule has 1 aromatic carbocycles. The van der Waals surface area contributed by atoms with E-state index in [4.69, 9.17) is 4.74 Å². The van der Waals surface area contributed by atoms with Gasteiger partial charge in [-0.25, -0.2) is 4.79 Å². The van der Waals surface area contributed by atoms with Crippen molar-refractivity contribution in [1.82, 2.24) is 9.80 Å². The van der Waals surface area contributed by atoms with E-state index < -0.39 is 0 Å². The van der Waals surface area contributed by atoms with Crippen LogP contribution in [0, 0.1) is 0 Å². The Morgan fingerprint density at radius 2 is 1.95 bits per heavy atom. The summed E-state index contributed by atoms with van der Waals surface area (Å²) in [5, 5.41) is 0. The molecule has 0 N–H and O–H groups in total. The zero-order chi connectivity index (χ0) is 14.0. The number of likely N-dealkylation sites (N-methyl/N-ethyl adjacent to an activating group) is 2. The van der Waals surface area contributed by atoms with E-state index in [2.05, 4.69) is 0 Å². The van der Waals surface area contributed by atoms with Gasteiger partial charge in [-0.3, -0.25) is 0 Å². The van der Waals surface area contributed by atoms with Gasteiger partial charge in [-0.1, -0.05) is 12.1 Å². The number of ether oxygens (including phenoxy) is 1. The summed E-state index contributed by atoms with van der Waals surface area (Å²) in [7, 11) is 1.86. The number of carbonyl (C=O) groups is 1. The maximum atomic E-state index is 12.0. The Kier molecular flexibility index (Phi) is 3.98. The summed E-state index contributed by atoms with van der Waals surface area (Å²) in [5.74, 6) is 0.873. The van der Waals surface area contributed by atoms with Crippen molar-refractivity contribution in [2.75, 3.05) is 20.1 Å². The van der Waals surface area contributed by atoms with E-state index in [1.165, 1.54) is 0 Å². The van der Waals surface area contributed by atoms with Gasteiger partial charge in [-0.05, 0) is 38.5 Å². The molecule has 19 heavy (non-hydrogen) atoms. The zero-order valence-corrected chi connectivity index (χ0v) is 12.1. The van der Waals surface area contributed by atoms with Gasteiger partial charge >= 0.3 is 6.03 Å². The molecule has 0 spiro atoms. The summed E-state index contributed by atoms with van der Waals surface area (Å²) in [5.41, 5.74) is 1.16. The summed E-state index contributed by atoms with van der Waals surface area (Å²) in [6.07, 6.45) is 0.178. The average Bonchev–Trinajstić information content (AvgIpc) is 2.66. The van der Waals surface area contributed by atoms with Gasteiger partial charge in [0.25, 0.3) is 0 Å². The molecule has 2 amide bonds. The van der Waals surface area contributed by atoms with Crippen LogP contribution in [0.2, 0.25) is 0 Å². The summed E-state index contributed by atoms with van der Waals surface area (Å²) in [6.45, 7) is 7.55. The average molecular weight is 262 g/mol. The van der Waals surface area contributed by atoms with E-state index in [0.29, 0.717) is 0 Å². The minimum Gasteiger partial charge on any atom is -0.491 e. The molecule has 1 saturated heterocycles. The SMILES string of the molecule is CCN1CC(c2ccc(OC(C)C)cc2)N(C)C1=O. The number of amides is 2. The standard InChI is InChI=1S/C15H22N2O2/c1-5-17-10-14(16(4)15(17)18)12-6-8-13(9-7-12)19-11(2)3/h6-9,11,14H,5,10H2,1-4H3. The van der Waals surface area contributed by atoms with Gasteiger partial charge in [0, 0.05) is 20.1 Å². The molecular weight excluding hydrogens is 240 g/mol. The fourth-order valence-electron chi connectivity index (χ4n) is 2.40. The monoisotopic (exact) mass is 262 g/mol. The molecule has 1 unspecified atom stereocenters. The molecule has 2 rings (SSSR count). The van der Waals surface area contributed by atoms with E-state index in [0.717, 1.165) is 24.4 Å². The molecule has 0 aromatic heterocycles. The van der Waals surface area contributed by atoms with E-state index in [1.54, 1.807) is 0 Å². The van der Waals surface area contributed by atoms with E-state index >= 15 is 0 Å². The van der Waals surface area contributed by atoms with Gasteiger partial charge in [0.1, 0.15) is 5.75 Å². The van der Waals surface area contributed by atoms with Crippen LogP contribution in [0.3, 0.4) is 0 Å². The highest BCUT2D eigenvalue weighted by Crippen LogP contribution is 2.29. The third-order valence-corrected chi connectivity index (χ3v) is 3.45. The van der Waals surface area contributed by atoms with Crippen molar-refractivity contribution in [2.45, 2.75) is 32.9 Å². The van der Waals surface area contributed by atoms with Crippen molar-refractivity contribution in [3.05, 3.63) is 29.8 Å². The summed E-state index contributed by atoms with van der Waals surface area (Å²) >= 11 is 0. The number of benzene rings is 1. The van der Waals surface area contributed by atoms with E-state index in [9.17, 15) is 4.79 Å². The van der Waals surface area contributed by atoms with Crippen LogP contribution in [-0.2, 0) is 0 Å². The van der Waals surface area contributed by atoms with Crippen LogP contribution in [0.1, 0.15) is 32.4 Å². The van der Waals surface area contributed by atoms with Gasteiger partial charge in [0.15, 0.2) is 0 Å². The largest absolute Gasteiger partial charge is 0.491 e. The lowest BCUT2D eigenvalue weighted by molar-refractivity contribution is 0.197. The maximum Gasteiger partial charge on any atom is 0.320 e. The summed E-state index contributed by atoms with van der Waals surface area (Å²) in [4.78, 5) is 15.6. The molecule has 0 saturated carbocycles. The zero-order valence-electron chi connectivity index (χ0n) is 12.1. The van der Waals surface area contributed by atoms with Gasteiger partial charge in [0.2, 0.25) is 0 Å². The lowest BCUT2D eigenvalue weighted by Gasteiger charge is -2.18. The van der Waals surface area contributed by atoms with Crippen molar-refractivity contribution in [2.24, 2.45) is 0 Å². The molecule has 104 valence electrons. The van der Waals surface area contributed by atoms with Gasteiger partial charge in [-0.2, -0.15) is 0 Å². The number of hydrogen-bond donors (Lipinski definition) is 0. The molecule has 1 aliphatic heterocycles. The first-order valence-electron chi connectivity index (χ1n) is 6.81. The molecule has 1 atom stereocenters. The molecule has 0 radical (unpaired) electrons. The van der Waals surface area contributed by atoms with Crippen LogP contribution in [0.5, 0.6) is 5.75 Å². The molecule has 0 bridgehead atoms. The number of rotatable bonds is 4. The minimum atomic E-state index is 0.106. The van der Waals surface area contributed by atoms with Gasteiger partial charge in [0.05, 0.1) is 12.1 Å². The minimum absolute atomic E-state index is 0.106. The first-order chi connectivity index (χ1) is 9.02. The number of hydrogen-bond acceptors (Lipinski definition) is 2. The molecule has 1 fully saturated rings. The van der Waals surface area contributed by atoms with Crippen LogP contribution in [0.15, 0.2) is 24.3 Å². The molecule has 1 aromatic rings. The lowest BCUT2D eigenvalue weighted by atomic mass is 10.1. The van der Waals surface area contributed by atoms with Crippen molar-refractivity contribution < 1.29 is 9.53 Å². The van der Waals surface area contributed by atoms with Crippen molar-refractivity contribution in [3.8, 4) is 5.75 Å². The smallest absolute Gasteiger partial charge is 0.320 e. The van der Waals surface area contributed by atoms with Crippen LogP contribution in [0.25, 0.3) is 0 Å². The second-order valence-corrected chi connectivity index (χ2v) is 5.18. The molecule has 1 heterocycles. The highest BCUT2D eigenvalue weighted by atomic mass is 16.5. The van der Waals surface area contributed by atoms with Crippen molar-refractivity contribution in [3.63, 3.8) is 0 Å². The third-order valence-electron chi connectivity index (χ3n) is 3.45. The van der Waals surface area contributed by atoms with Crippen LogP contribution >= 0.6 is 0 Å². The Morgan fingerprint density at radius 3 is 2.42 bits per heavy atom. The second-order valence-electron chi connectivity index (χ2n) is 5.18. The molecule has 4 nitrogen and oxygen atoms in total. The van der Waals surface area contributed by atoms with Crippen molar-refractivity contribution >= 4 is 6.03 Å². The predicted molar refractivity (Wildman–Crippen MR) is 75.4 cm³/mol. The highest BCUT2D eigenvalue weighted by Gasteiger charge is 2.34.